The molecular weight excluding hydrogens is 244 g/mol. The molecule has 6 nitrogen and oxygen atoms in total. The summed E-state index contributed by atoms with van der Waals surface area (Å²) in [5, 5.41) is 14.1. The average molecular weight is 260 g/mol. The molecule has 1 heterocycles. The van der Waals surface area contributed by atoms with Crippen molar-refractivity contribution in [3.8, 4) is 0 Å². The van der Waals surface area contributed by atoms with Gasteiger partial charge in [-0.15, -0.1) is 0 Å². The number of aromatic nitrogens is 1. The van der Waals surface area contributed by atoms with Crippen molar-refractivity contribution in [1.82, 2.24) is 4.98 Å². The Bertz CT molecular complexity index is 546. The van der Waals surface area contributed by atoms with Crippen molar-refractivity contribution in [1.29, 1.82) is 0 Å². The number of nitro groups is 1. The topological polar surface area (TPSA) is 94.1 Å². The third kappa shape index (κ3) is 1.52. The van der Waals surface area contributed by atoms with E-state index < -0.39 is 4.92 Å². The van der Waals surface area contributed by atoms with E-state index in [0.717, 1.165) is 23.7 Å². The minimum Gasteiger partial charge on any atom is -0.378 e. The smallest absolute Gasteiger partial charge is 0.311 e. The number of nitrogens with one attached hydrogen (secondary N) is 1. The van der Waals surface area contributed by atoms with Crippen LogP contribution in [-0.2, 0) is 0 Å². The first-order valence-electron chi connectivity index (χ1n) is 6.82. The molecule has 0 amide bonds. The monoisotopic (exact) mass is 260 g/mol. The molecule has 100 valence electrons. The van der Waals surface area contributed by atoms with Crippen molar-refractivity contribution < 1.29 is 4.92 Å². The lowest BCUT2D eigenvalue weighted by molar-refractivity contribution is -0.384. The highest BCUT2D eigenvalue weighted by Crippen LogP contribution is 2.66. The van der Waals surface area contributed by atoms with E-state index in [4.69, 9.17) is 5.73 Å². The first-order chi connectivity index (χ1) is 9.15. The van der Waals surface area contributed by atoms with Crippen molar-refractivity contribution in [2.75, 3.05) is 11.1 Å². The number of rotatable bonds is 3. The van der Waals surface area contributed by atoms with Crippen LogP contribution in [0.15, 0.2) is 12.1 Å². The van der Waals surface area contributed by atoms with Gasteiger partial charge in [-0.3, -0.25) is 10.1 Å². The molecule has 6 heteroatoms. The van der Waals surface area contributed by atoms with E-state index in [1.165, 1.54) is 25.3 Å². The van der Waals surface area contributed by atoms with Crippen LogP contribution in [0.5, 0.6) is 0 Å². The maximum Gasteiger partial charge on any atom is 0.311 e. The molecule has 0 aliphatic heterocycles. The zero-order valence-corrected chi connectivity index (χ0v) is 10.5. The summed E-state index contributed by atoms with van der Waals surface area (Å²) >= 11 is 0. The molecule has 4 atom stereocenters. The SMILES string of the molecule is Nc1nc(NC2C3C4CCC(C4)C23)ccc1[N+](=O)[O-]. The van der Waals surface area contributed by atoms with Gasteiger partial charge in [-0.05, 0) is 49.0 Å². The van der Waals surface area contributed by atoms with Crippen molar-refractivity contribution in [3.63, 3.8) is 0 Å². The molecule has 0 radical (unpaired) electrons. The highest BCUT2D eigenvalue weighted by molar-refractivity contribution is 5.57. The maximum absolute atomic E-state index is 10.7. The predicted octanol–water partition coefficient (Wildman–Crippen LogP) is 2.03. The lowest BCUT2D eigenvalue weighted by atomic mass is 10.0. The van der Waals surface area contributed by atoms with Crippen LogP contribution in [-0.4, -0.2) is 15.9 Å². The second-order valence-electron chi connectivity index (χ2n) is 6.02. The number of hydrogen-bond acceptors (Lipinski definition) is 5. The van der Waals surface area contributed by atoms with Crippen LogP contribution < -0.4 is 11.1 Å². The quantitative estimate of drug-likeness (QED) is 0.640. The van der Waals surface area contributed by atoms with Crippen LogP contribution in [0.25, 0.3) is 0 Å². The number of nitrogens with zero attached hydrogens (tertiary/aromatic N) is 2. The Kier molecular flexibility index (Phi) is 2.08. The van der Waals surface area contributed by atoms with E-state index in [2.05, 4.69) is 10.3 Å². The Hall–Kier alpha value is -1.85. The Labute approximate surface area is 110 Å². The molecule has 1 aromatic heterocycles. The summed E-state index contributed by atoms with van der Waals surface area (Å²) in [5.41, 5.74) is 5.48. The van der Waals surface area contributed by atoms with Gasteiger partial charge in [0.2, 0.25) is 5.82 Å². The molecule has 0 aromatic carbocycles. The van der Waals surface area contributed by atoms with Crippen molar-refractivity contribution >= 4 is 17.3 Å². The van der Waals surface area contributed by atoms with Gasteiger partial charge in [0.15, 0.2) is 0 Å². The molecule has 4 unspecified atom stereocenters. The minimum atomic E-state index is -0.502. The highest BCUT2D eigenvalue weighted by atomic mass is 16.6. The Morgan fingerprint density at radius 2 is 2.00 bits per heavy atom. The molecule has 3 fully saturated rings. The lowest BCUT2D eigenvalue weighted by Crippen LogP contribution is -2.14. The standard InChI is InChI=1S/C13H16N4O2/c14-13-8(17(18)19)3-4-9(16-13)15-12-10-6-1-2-7(5-6)11(10)12/h3-4,6-7,10-12H,1-2,5H2,(H3,14,15,16). The molecule has 3 aliphatic rings. The summed E-state index contributed by atoms with van der Waals surface area (Å²) in [6, 6.07) is 3.60. The highest BCUT2D eigenvalue weighted by Gasteiger charge is 2.65. The summed E-state index contributed by atoms with van der Waals surface area (Å²) in [6.45, 7) is 0. The average Bonchev–Trinajstić information content (AvgIpc) is 2.78. The second kappa shape index (κ2) is 3.59. The van der Waals surface area contributed by atoms with Crippen LogP contribution >= 0.6 is 0 Å². The van der Waals surface area contributed by atoms with E-state index in [9.17, 15) is 10.1 Å². The molecule has 0 saturated heterocycles. The van der Waals surface area contributed by atoms with Gasteiger partial charge in [-0.25, -0.2) is 4.98 Å². The first-order valence-corrected chi connectivity index (χ1v) is 6.82. The summed E-state index contributed by atoms with van der Waals surface area (Å²) in [4.78, 5) is 14.3. The van der Waals surface area contributed by atoms with E-state index in [1.807, 2.05) is 0 Å². The van der Waals surface area contributed by atoms with Gasteiger partial charge in [-0.1, -0.05) is 0 Å². The Morgan fingerprint density at radius 1 is 1.32 bits per heavy atom. The van der Waals surface area contributed by atoms with Crippen LogP contribution in [0.3, 0.4) is 0 Å². The minimum absolute atomic E-state index is 0.0104. The summed E-state index contributed by atoms with van der Waals surface area (Å²) in [6.07, 6.45) is 4.16. The lowest BCUT2D eigenvalue weighted by Gasteiger charge is -2.11. The summed E-state index contributed by atoms with van der Waals surface area (Å²) in [5.74, 6) is 4.05. The molecular formula is C13H16N4O2. The van der Waals surface area contributed by atoms with Crippen molar-refractivity contribution in [2.24, 2.45) is 23.7 Å². The largest absolute Gasteiger partial charge is 0.378 e. The van der Waals surface area contributed by atoms with Crippen LogP contribution in [0.4, 0.5) is 17.3 Å². The Morgan fingerprint density at radius 3 is 2.58 bits per heavy atom. The number of anilines is 2. The number of fused-ring (bicyclic) bond motifs is 5. The van der Waals surface area contributed by atoms with Crippen molar-refractivity contribution in [2.45, 2.75) is 25.3 Å². The summed E-state index contributed by atoms with van der Waals surface area (Å²) < 4.78 is 0. The van der Waals surface area contributed by atoms with Gasteiger partial charge < -0.3 is 11.1 Å². The summed E-state index contributed by atoms with van der Waals surface area (Å²) in [7, 11) is 0. The van der Waals surface area contributed by atoms with Gasteiger partial charge in [0.05, 0.1) is 4.92 Å². The molecule has 3 N–H and O–H groups in total. The van der Waals surface area contributed by atoms with E-state index in [0.29, 0.717) is 11.9 Å². The normalized spacial score (nSPS) is 38.0. The van der Waals surface area contributed by atoms with E-state index in [-0.39, 0.29) is 11.5 Å². The molecule has 1 aromatic rings. The zero-order chi connectivity index (χ0) is 13.1. The molecule has 19 heavy (non-hydrogen) atoms. The van der Waals surface area contributed by atoms with Gasteiger partial charge in [0.25, 0.3) is 0 Å². The predicted molar refractivity (Wildman–Crippen MR) is 70.5 cm³/mol. The zero-order valence-electron chi connectivity index (χ0n) is 10.5. The van der Waals surface area contributed by atoms with Crippen LogP contribution in [0.2, 0.25) is 0 Å². The molecule has 4 rings (SSSR count). The fraction of sp³-hybridized carbons (Fsp3) is 0.615. The molecule has 2 bridgehead atoms. The molecule has 3 aliphatic carbocycles. The third-order valence-electron chi connectivity index (χ3n) is 5.15. The number of hydrogen-bond donors (Lipinski definition) is 2. The van der Waals surface area contributed by atoms with Gasteiger partial charge in [-0.2, -0.15) is 0 Å². The second-order valence-corrected chi connectivity index (χ2v) is 6.02. The van der Waals surface area contributed by atoms with Crippen LogP contribution in [0, 0.1) is 33.8 Å². The first kappa shape index (κ1) is 11.0. The molecule has 3 saturated carbocycles. The van der Waals surface area contributed by atoms with Gasteiger partial charge in [0.1, 0.15) is 5.82 Å². The fourth-order valence-electron chi connectivity index (χ4n) is 4.39. The number of pyridine rings is 1. The van der Waals surface area contributed by atoms with E-state index >= 15 is 0 Å². The van der Waals surface area contributed by atoms with Gasteiger partial charge >= 0.3 is 5.69 Å². The third-order valence-corrected chi connectivity index (χ3v) is 5.15. The number of nitrogen functional groups attached to an aromatic ring is 1. The van der Waals surface area contributed by atoms with Crippen LogP contribution in [0.1, 0.15) is 19.3 Å². The number of nitrogens with two attached hydrogens (primary N) is 1. The molecule has 0 spiro atoms. The maximum atomic E-state index is 10.7. The van der Waals surface area contributed by atoms with E-state index in [1.54, 1.807) is 6.07 Å². The van der Waals surface area contributed by atoms with Gasteiger partial charge in [0, 0.05) is 12.1 Å². The Balaban J connectivity index is 1.50. The van der Waals surface area contributed by atoms with Crippen molar-refractivity contribution in [3.05, 3.63) is 22.2 Å². The fourth-order valence-corrected chi connectivity index (χ4v) is 4.39.